The van der Waals surface area contributed by atoms with Crippen molar-refractivity contribution in [2.45, 2.75) is 13.3 Å². The number of amides is 1. The number of ether oxygens (including phenoxy) is 1. The SMILES string of the molecule is COc1ccccc1CCNC(=O)c1nnn(-c2cccc(Br)c2)c1C. The lowest BCUT2D eigenvalue weighted by Gasteiger charge is -2.09. The molecule has 6 nitrogen and oxygen atoms in total. The summed E-state index contributed by atoms with van der Waals surface area (Å²) in [6.45, 7) is 2.32. The number of carbonyl (C=O) groups excluding carboxylic acids is 1. The highest BCUT2D eigenvalue weighted by Gasteiger charge is 2.17. The summed E-state index contributed by atoms with van der Waals surface area (Å²) in [4.78, 5) is 12.5. The molecule has 0 unspecified atom stereocenters. The average molecular weight is 415 g/mol. The Balaban J connectivity index is 1.67. The van der Waals surface area contributed by atoms with Crippen LogP contribution in [0.2, 0.25) is 0 Å². The van der Waals surface area contributed by atoms with Crippen molar-refractivity contribution >= 4 is 21.8 Å². The molecule has 0 aliphatic carbocycles. The molecule has 7 heteroatoms. The highest BCUT2D eigenvalue weighted by molar-refractivity contribution is 9.10. The van der Waals surface area contributed by atoms with Gasteiger partial charge in [0.2, 0.25) is 0 Å². The fourth-order valence-electron chi connectivity index (χ4n) is 2.70. The number of nitrogens with zero attached hydrogens (tertiary/aromatic N) is 3. The zero-order chi connectivity index (χ0) is 18.5. The summed E-state index contributed by atoms with van der Waals surface area (Å²) in [6, 6.07) is 15.4. The van der Waals surface area contributed by atoms with E-state index < -0.39 is 0 Å². The first kappa shape index (κ1) is 18.1. The molecule has 0 aliphatic rings. The van der Waals surface area contributed by atoms with Gasteiger partial charge in [-0.1, -0.05) is 45.4 Å². The molecule has 3 aromatic rings. The summed E-state index contributed by atoms with van der Waals surface area (Å²) in [6.07, 6.45) is 0.675. The third-order valence-corrected chi connectivity index (χ3v) is 4.53. The van der Waals surface area contributed by atoms with E-state index >= 15 is 0 Å². The number of benzene rings is 2. The van der Waals surface area contributed by atoms with Crippen LogP contribution in [-0.4, -0.2) is 34.6 Å². The molecule has 0 atom stereocenters. The molecule has 1 heterocycles. The number of nitrogens with one attached hydrogen (secondary N) is 1. The highest BCUT2D eigenvalue weighted by Crippen LogP contribution is 2.18. The van der Waals surface area contributed by atoms with Gasteiger partial charge in [0.15, 0.2) is 5.69 Å². The lowest BCUT2D eigenvalue weighted by molar-refractivity contribution is 0.0948. The minimum atomic E-state index is -0.237. The van der Waals surface area contributed by atoms with Crippen LogP contribution in [0.3, 0.4) is 0 Å². The molecule has 0 spiro atoms. The molecule has 26 heavy (non-hydrogen) atoms. The summed E-state index contributed by atoms with van der Waals surface area (Å²) < 4.78 is 7.92. The van der Waals surface area contributed by atoms with Gasteiger partial charge in [-0.2, -0.15) is 0 Å². The van der Waals surface area contributed by atoms with E-state index in [0.717, 1.165) is 21.5 Å². The lowest BCUT2D eigenvalue weighted by Crippen LogP contribution is -2.27. The van der Waals surface area contributed by atoms with Gasteiger partial charge in [0.05, 0.1) is 18.5 Å². The fraction of sp³-hybridized carbons (Fsp3) is 0.211. The topological polar surface area (TPSA) is 69.0 Å². The first-order chi connectivity index (χ1) is 12.6. The van der Waals surface area contributed by atoms with Crippen LogP contribution in [0.25, 0.3) is 5.69 Å². The molecule has 0 saturated carbocycles. The smallest absolute Gasteiger partial charge is 0.273 e. The Morgan fingerprint density at radius 1 is 1.23 bits per heavy atom. The van der Waals surface area contributed by atoms with Crippen LogP contribution >= 0.6 is 15.9 Å². The van der Waals surface area contributed by atoms with Gasteiger partial charge in [-0.15, -0.1) is 5.10 Å². The Morgan fingerprint density at radius 2 is 2.04 bits per heavy atom. The van der Waals surface area contributed by atoms with Gasteiger partial charge in [0, 0.05) is 11.0 Å². The van der Waals surface area contributed by atoms with Crippen molar-refractivity contribution in [2.75, 3.05) is 13.7 Å². The molecular weight excluding hydrogens is 396 g/mol. The normalized spacial score (nSPS) is 10.6. The number of para-hydroxylation sites is 1. The Labute approximate surface area is 160 Å². The second-order valence-electron chi connectivity index (χ2n) is 5.73. The molecule has 134 valence electrons. The van der Waals surface area contributed by atoms with E-state index in [1.54, 1.807) is 11.8 Å². The molecule has 0 radical (unpaired) electrons. The molecule has 0 saturated heterocycles. The number of aromatic nitrogens is 3. The molecule has 0 bridgehead atoms. The Morgan fingerprint density at radius 3 is 2.81 bits per heavy atom. The van der Waals surface area contributed by atoms with Gasteiger partial charge in [0.1, 0.15) is 5.75 Å². The number of halogens is 1. The Hall–Kier alpha value is -2.67. The molecule has 0 aliphatic heterocycles. The van der Waals surface area contributed by atoms with Gasteiger partial charge >= 0.3 is 0 Å². The average Bonchev–Trinajstić information content (AvgIpc) is 3.03. The van der Waals surface area contributed by atoms with Crippen molar-refractivity contribution in [1.82, 2.24) is 20.3 Å². The number of hydrogen-bond donors (Lipinski definition) is 1. The van der Waals surface area contributed by atoms with Crippen molar-refractivity contribution in [3.05, 3.63) is 70.0 Å². The van der Waals surface area contributed by atoms with Crippen molar-refractivity contribution in [2.24, 2.45) is 0 Å². The van der Waals surface area contributed by atoms with E-state index in [2.05, 4.69) is 31.6 Å². The van der Waals surface area contributed by atoms with E-state index in [4.69, 9.17) is 4.74 Å². The standard InChI is InChI=1S/C19H19BrN4O2/c1-13-18(22-23-24(13)16-8-5-7-15(20)12-16)19(25)21-11-10-14-6-3-4-9-17(14)26-2/h3-9,12H,10-11H2,1-2H3,(H,21,25). The maximum Gasteiger partial charge on any atom is 0.273 e. The van der Waals surface area contributed by atoms with E-state index in [1.807, 2.05) is 55.5 Å². The summed E-state index contributed by atoms with van der Waals surface area (Å²) in [5.74, 6) is 0.581. The second kappa shape index (κ2) is 8.14. The van der Waals surface area contributed by atoms with Crippen LogP contribution < -0.4 is 10.1 Å². The molecular formula is C19H19BrN4O2. The molecule has 0 fully saturated rings. The minimum Gasteiger partial charge on any atom is -0.496 e. The van der Waals surface area contributed by atoms with Crippen molar-refractivity contribution in [3.8, 4) is 11.4 Å². The largest absolute Gasteiger partial charge is 0.496 e. The van der Waals surface area contributed by atoms with Crippen molar-refractivity contribution in [3.63, 3.8) is 0 Å². The maximum atomic E-state index is 12.5. The first-order valence-electron chi connectivity index (χ1n) is 8.18. The summed E-state index contributed by atoms with van der Waals surface area (Å²) in [5, 5.41) is 11.0. The van der Waals surface area contributed by atoms with Crippen LogP contribution in [0.15, 0.2) is 53.0 Å². The third kappa shape index (κ3) is 3.94. The van der Waals surface area contributed by atoms with Gasteiger partial charge in [-0.25, -0.2) is 4.68 Å². The molecule has 1 N–H and O–H groups in total. The lowest BCUT2D eigenvalue weighted by atomic mass is 10.1. The Kier molecular flexibility index (Phi) is 5.68. The number of rotatable bonds is 6. The molecule has 2 aromatic carbocycles. The van der Waals surface area contributed by atoms with E-state index in [-0.39, 0.29) is 5.91 Å². The van der Waals surface area contributed by atoms with Crippen LogP contribution in [0.4, 0.5) is 0 Å². The summed E-state index contributed by atoms with van der Waals surface area (Å²) in [7, 11) is 1.64. The number of carbonyl (C=O) groups is 1. The number of methoxy groups -OCH3 is 1. The van der Waals surface area contributed by atoms with Gasteiger partial charge in [-0.3, -0.25) is 4.79 Å². The zero-order valence-electron chi connectivity index (χ0n) is 14.6. The van der Waals surface area contributed by atoms with Crippen molar-refractivity contribution in [1.29, 1.82) is 0 Å². The maximum absolute atomic E-state index is 12.5. The number of hydrogen-bond acceptors (Lipinski definition) is 4. The predicted molar refractivity (Wildman–Crippen MR) is 103 cm³/mol. The molecule has 1 amide bonds. The fourth-order valence-corrected chi connectivity index (χ4v) is 3.08. The van der Waals surface area contributed by atoms with Crippen molar-refractivity contribution < 1.29 is 9.53 Å². The third-order valence-electron chi connectivity index (χ3n) is 4.03. The summed E-state index contributed by atoms with van der Waals surface area (Å²) in [5.41, 5.74) is 2.91. The van der Waals surface area contributed by atoms with Crippen LogP contribution in [0.5, 0.6) is 5.75 Å². The summed E-state index contributed by atoms with van der Waals surface area (Å²) >= 11 is 3.44. The minimum absolute atomic E-state index is 0.237. The van der Waals surface area contributed by atoms with Gasteiger partial charge in [0.25, 0.3) is 5.91 Å². The molecule has 1 aromatic heterocycles. The highest BCUT2D eigenvalue weighted by atomic mass is 79.9. The van der Waals surface area contributed by atoms with E-state index in [1.165, 1.54) is 0 Å². The Bertz CT molecular complexity index is 923. The molecule has 3 rings (SSSR count). The monoisotopic (exact) mass is 414 g/mol. The van der Waals surface area contributed by atoms with Crippen LogP contribution in [-0.2, 0) is 6.42 Å². The predicted octanol–water partition coefficient (Wildman–Crippen LogP) is 3.32. The van der Waals surface area contributed by atoms with E-state index in [0.29, 0.717) is 24.4 Å². The quantitative estimate of drug-likeness (QED) is 0.671. The van der Waals surface area contributed by atoms with Crippen LogP contribution in [0, 0.1) is 6.92 Å². The zero-order valence-corrected chi connectivity index (χ0v) is 16.2. The second-order valence-corrected chi connectivity index (χ2v) is 6.65. The van der Waals surface area contributed by atoms with Crippen LogP contribution in [0.1, 0.15) is 21.7 Å². The van der Waals surface area contributed by atoms with Gasteiger partial charge < -0.3 is 10.1 Å². The van der Waals surface area contributed by atoms with E-state index in [9.17, 15) is 4.79 Å². The van der Waals surface area contributed by atoms with Gasteiger partial charge in [-0.05, 0) is 43.2 Å². The first-order valence-corrected chi connectivity index (χ1v) is 8.98.